The monoisotopic (exact) mass is 939 g/mol. The normalized spacial score (nSPS) is 16.4. The Hall–Kier alpha value is -6.69. The Morgan fingerprint density at radius 1 is 0.451 bits per heavy atom. The fraction of sp³-hybridized carbons (Fsp3) is 0.258. The smallest absolute Gasteiger partial charge is 0.252 e. The zero-order valence-corrected chi connectivity index (χ0v) is 44.2. The maximum absolute atomic E-state index is 5.20. The van der Waals surface area contributed by atoms with Crippen LogP contribution in [0.15, 0.2) is 158 Å². The molecule has 13 rings (SSSR count). The number of hydrogen-bond donors (Lipinski definition) is 0. The number of hydrogen-bond acceptors (Lipinski definition) is 4. The van der Waals surface area contributed by atoms with Crippen molar-refractivity contribution in [1.29, 1.82) is 0 Å². The van der Waals surface area contributed by atoms with Gasteiger partial charge in [0.15, 0.2) is 0 Å². The van der Waals surface area contributed by atoms with E-state index >= 15 is 0 Å². The van der Waals surface area contributed by atoms with E-state index in [-0.39, 0.29) is 28.4 Å². The minimum absolute atomic E-state index is 0.0156. The van der Waals surface area contributed by atoms with Crippen LogP contribution in [0.1, 0.15) is 127 Å². The van der Waals surface area contributed by atoms with E-state index in [1.165, 1.54) is 121 Å². The molecule has 2 aromatic heterocycles. The number of rotatable bonds is 2. The van der Waals surface area contributed by atoms with Gasteiger partial charge in [0, 0.05) is 66.4 Å². The molecule has 4 aliphatic rings. The van der Waals surface area contributed by atoms with Gasteiger partial charge in [-0.2, -0.15) is 0 Å². The largest absolute Gasteiger partial charge is 0.311 e. The first-order valence-corrected chi connectivity index (χ1v) is 26.5. The maximum atomic E-state index is 5.20. The molecule has 0 amide bonds. The Balaban J connectivity index is 1.18. The summed E-state index contributed by atoms with van der Waals surface area (Å²) in [5.74, 6) is 0. The lowest BCUT2D eigenvalue weighted by atomic mass is 9.33. The van der Waals surface area contributed by atoms with E-state index < -0.39 is 5.41 Å². The molecule has 0 saturated heterocycles. The van der Waals surface area contributed by atoms with Gasteiger partial charge in [-0.05, 0) is 143 Å². The van der Waals surface area contributed by atoms with Crippen molar-refractivity contribution in [3.63, 3.8) is 0 Å². The Bertz CT molecular complexity index is 3650. The molecule has 0 fully saturated rings. The summed E-state index contributed by atoms with van der Waals surface area (Å²) in [4.78, 5) is 11.8. The molecule has 350 valence electrons. The third-order valence-electron chi connectivity index (χ3n) is 16.3. The Morgan fingerprint density at radius 3 is 1.61 bits per heavy atom. The number of aromatic nitrogens is 1. The lowest BCUT2D eigenvalue weighted by molar-refractivity contribution is 0.589. The minimum atomic E-state index is -0.531. The van der Waals surface area contributed by atoms with Gasteiger partial charge in [0.25, 0.3) is 6.71 Å². The number of thiophene rings is 1. The zero-order chi connectivity index (χ0) is 49.3. The van der Waals surface area contributed by atoms with Crippen LogP contribution in [0.3, 0.4) is 0 Å². The molecule has 2 aliphatic heterocycles. The van der Waals surface area contributed by atoms with Crippen molar-refractivity contribution in [3.05, 3.63) is 202 Å². The molecule has 9 aromatic rings. The second-order valence-electron chi connectivity index (χ2n) is 24.9. The summed E-state index contributed by atoms with van der Waals surface area (Å²) in [5.41, 5.74) is 24.9. The van der Waals surface area contributed by atoms with Crippen LogP contribution in [0, 0.1) is 0 Å². The van der Waals surface area contributed by atoms with Gasteiger partial charge in [-0.1, -0.05) is 174 Å². The van der Waals surface area contributed by atoms with Crippen LogP contribution in [0.5, 0.6) is 0 Å². The number of pyridine rings is 1. The number of nitrogens with zero attached hydrogens (tertiary/aromatic N) is 3. The standard InChI is InChI=1S/C66H62BN3S/c1-62(2,3)39-23-28-43(29-24-39)69-53-34-41(64(7,8)9)27-32-51(53)67-52-38-50-47(37-54(52)70(44-30-25-40(26-31-44)63(4,5)6)56-36-42(65(10,11)12)35-55(69)59(56)67)58-46-19-14-16-22-57(46)71-61(58)66(50)48-20-15-13-18-45(48)60-49(66)21-17-33-68-60/h13-38H,1-12H3. The molecular weight excluding hydrogens is 878 g/mol. The molecule has 0 radical (unpaired) electrons. The summed E-state index contributed by atoms with van der Waals surface area (Å²) in [6.45, 7) is 28.0. The molecule has 0 N–H and O–H groups in total. The zero-order valence-electron chi connectivity index (χ0n) is 43.3. The van der Waals surface area contributed by atoms with E-state index in [9.17, 15) is 0 Å². The van der Waals surface area contributed by atoms with E-state index in [1.807, 2.05) is 17.5 Å². The van der Waals surface area contributed by atoms with Crippen LogP contribution >= 0.6 is 11.3 Å². The SMILES string of the molecule is CC(C)(C)c1ccc(N2c3cc(C(C)(C)C)ccc3B3c4cc5c(cc4N(c4ccc(C(C)(C)C)cc4)c4cc(C(C)(C)C)cc2c43)-c2c(sc3ccccc23)C52c3ccccc3-c3ncccc32)cc1. The second kappa shape index (κ2) is 14.7. The molecule has 3 nitrogen and oxygen atoms in total. The molecule has 1 unspecified atom stereocenters. The highest BCUT2D eigenvalue weighted by molar-refractivity contribution is 7.20. The maximum Gasteiger partial charge on any atom is 0.252 e. The topological polar surface area (TPSA) is 19.4 Å². The fourth-order valence-electron chi connectivity index (χ4n) is 12.6. The van der Waals surface area contributed by atoms with Crippen LogP contribution in [0.4, 0.5) is 34.1 Å². The second-order valence-corrected chi connectivity index (χ2v) is 25.9. The molecule has 0 saturated carbocycles. The van der Waals surface area contributed by atoms with Crippen LogP contribution < -0.4 is 26.2 Å². The Labute approximate surface area is 425 Å². The first-order valence-electron chi connectivity index (χ1n) is 25.6. The van der Waals surface area contributed by atoms with E-state index in [0.717, 1.165) is 5.69 Å². The van der Waals surface area contributed by atoms with Gasteiger partial charge < -0.3 is 9.80 Å². The summed E-state index contributed by atoms with van der Waals surface area (Å²) in [6, 6.07) is 59.4. The van der Waals surface area contributed by atoms with E-state index in [0.29, 0.717) is 0 Å². The molecule has 1 atom stereocenters. The lowest BCUT2D eigenvalue weighted by Gasteiger charge is -2.46. The van der Waals surface area contributed by atoms with E-state index in [4.69, 9.17) is 4.98 Å². The van der Waals surface area contributed by atoms with Crippen molar-refractivity contribution in [2.24, 2.45) is 0 Å². The predicted octanol–water partition coefficient (Wildman–Crippen LogP) is 15.9. The van der Waals surface area contributed by atoms with Crippen LogP contribution in [-0.2, 0) is 27.1 Å². The third kappa shape index (κ3) is 6.24. The van der Waals surface area contributed by atoms with Crippen LogP contribution in [0.25, 0.3) is 32.5 Å². The van der Waals surface area contributed by atoms with Gasteiger partial charge in [-0.25, -0.2) is 0 Å². The van der Waals surface area contributed by atoms with E-state index in [2.05, 4.69) is 245 Å². The summed E-state index contributed by atoms with van der Waals surface area (Å²) in [6.07, 6.45) is 1.98. The summed E-state index contributed by atoms with van der Waals surface area (Å²) >= 11 is 1.97. The highest BCUT2D eigenvalue weighted by atomic mass is 32.1. The van der Waals surface area contributed by atoms with Gasteiger partial charge in [0.1, 0.15) is 0 Å². The van der Waals surface area contributed by atoms with Crippen molar-refractivity contribution in [1.82, 2.24) is 4.98 Å². The molecular formula is C66H62BN3S. The van der Waals surface area contributed by atoms with Gasteiger partial charge >= 0.3 is 0 Å². The van der Waals surface area contributed by atoms with Crippen LogP contribution in [-0.4, -0.2) is 11.7 Å². The quantitative estimate of drug-likeness (QED) is 0.161. The molecule has 0 bridgehead atoms. The average Bonchev–Trinajstić information content (AvgIpc) is 3.96. The molecule has 71 heavy (non-hydrogen) atoms. The summed E-state index contributed by atoms with van der Waals surface area (Å²) < 4.78 is 1.32. The number of fused-ring (bicyclic) bond motifs is 16. The van der Waals surface area contributed by atoms with Gasteiger partial charge in [-0.15, -0.1) is 11.3 Å². The van der Waals surface area contributed by atoms with Gasteiger partial charge in [0.2, 0.25) is 0 Å². The third-order valence-corrected chi connectivity index (χ3v) is 17.6. The predicted molar refractivity (Wildman–Crippen MR) is 305 cm³/mol. The summed E-state index contributed by atoms with van der Waals surface area (Å²) in [7, 11) is 0. The Kier molecular flexibility index (Phi) is 9.17. The summed E-state index contributed by atoms with van der Waals surface area (Å²) in [5, 5.41) is 1.32. The highest BCUT2D eigenvalue weighted by Crippen LogP contribution is 2.66. The highest BCUT2D eigenvalue weighted by Gasteiger charge is 2.56. The van der Waals surface area contributed by atoms with Crippen molar-refractivity contribution in [2.45, 2.75) is 110 Å². The first-order chi connectivity index (χ1) is 33.7. The lowest BCUT2D eigenvalue weighted by Crippen LogP contribution is -2.61. The fourth-order valence-corrected chi connectivity index (χ4v) is 14.0. The van der Waals surface area contributed by atoms with Gasteiger partial charge in [0.05, 0.1) is 11.1 Å². The minimum Gasteiger partial charge on any atom is -0.311 e. The van der Waals surface area contributed by atoms with E-state index in [1.54, 1.807) is 0 Å². The Morgan fingerprint density at radius 2 is 0.986 bits per heavy atom. The van der Waals surface area contributed by atoms with Gasteiger partial charge in [-0.3, -0.25) is 4.98 Å². The number of benzene rings is 7. The average molecular weight is 940 g/mol. The van der Waals surface area contributed by atoms with Crippen molar-refractivity contribution < 1.29 is 0 Å². The molecule has 4 heterocycles. The first kappa shape index (κ1) is 44.3. The molecule has 2 aliphatic carbocycles. The molecule has 7 aromatic carbocycles. The molecule has 1 spiro atoms. The van der Waals surface area contributed by atoms with Crippen LogP contribution in [0.2, 0.25) is 0 Å². The molecule has 5 heteroatoms. The van der Waals surface area contributed by atoms with Crippen molar-refractivity contribution >= 4 is 78.6 Å². The number of anilines is 6. The van der Waals surface area contributed by atoms with Crippen molar-refractivity contribution in [2.75, 3.05) is 9.80 Å². The van der Waals surface area contributed by atoms with Crippen molar-refractivity contribution in [3.8, 4) is 22.4 Å².